The van der Waals surface area contributed by atoms with Crippen molar-refractivity contribution in [1.29, 1.82) is 0 Å². The van der Waals surface area contributed by atoms with Crippen molar-refractivity contribution < 1.29 is 23.1 Å². The van der Waals surface area contributed by atoms with E-state index in [9.17, 15) is 23.1 Å². The first-order chi connectivity index (χ1) is 11.8. The Balaban J connectivity index is 1.76. The van der Waals surface area contributed by atoms with E-state index in [1.54, 1.807) is 18.2 Å². The zero-order chi connectivity index (χ0) is 18.0. The number of fused-ring (bicyclic) bond motifs is 1. The molecule has 1 atom stereocenters. The number of rotatable bonds is 4. The summed E-state index contributed by atoms with van der Waals surface area (Å²) in [5.74, 6) is -0.905. The number of hydrogen-bond acceptors (Lipinski definition) is 3. The average molecular weight is 349 g/mol. The van der Waals surface area contributed by atoms with Crippen LogP contribution >= 0.6 is 0 Å². The van der Waals surface area contributed by atoms with Gasteiger partial charge in [0.05, 0.1) is 23.8 Å². The van der Waals surface area contributed by atoms with E-state index in [2.05, 4.69) is 9.97 Å². The highest BCUT2D eigenvalue weighted by molar-refractivity contribution is 5.81. The van der Waals surface area contributed by atoms with Gasteiger partial charge in [0, 0.05) is 0 Å². The van der Waals surface area contributed by atoms with Gasteiger partial charge in [-0.05, 0) is 35.4 Å². The van der Waals surface area contributed by atoms with Crippen LogP contribution in [0.2, 0.25) is 0 Å². The molecule has 0 aliphatic rings. The standard InChI is InChI=1S/C17H14F3N3O2/c18-17(19,20)16(11-2-4-12(24)5-3-11)23-15(25)8-10-1-6-13-14(7-10)22-9-21-13/h1-7,9,16,24H,8H2,(H,21,22)(H,23,25). The van der Waals surface area contributed by atoms with E-state index in [1.807, 2.05) is 5.32 Å². The van der Waals surface area contributed by atoms with Crippen LogP contribution in [0, 0.1) is 0 Å². The number of H-pyrrole nitrogens is 1. The lowest BCUT2D eigenvalue weighted by atomic mass is 10.1. The molecule has 1 aromatic heterocycles. The van der Waals surface area contributed by atoms with Crippen LogP contribution in [-0.4, -0.2) is 27.2 Å². The third-order valence-electron chi connectivity index (χ3n) is 3.71. The Morgan fingerprint density at radius 2 is 1.92 bits per heavy atom. The predicted octanol–water partition coefficient (Wildman–Crippen LogP) is 3.23. The molecule has 3 rings (SSSR count). The monoisotopic (exact) mass is 349 g/mol. The molecule has 0 radical (unpaired) electrons. The smallest absolute Gasteiger partial charge is 0.412 e. The first-order valence-corrected chi connectivity index (χ1v) is 7.40. The first kappa shape index (κ1) is 16.8. The molecule has 1 amide bonds. The van der Waals surface area contributed by atoms with Crippen molar-refractivity contribution in [2.45, 2.75) is 18.6 Å². The maximum atomic E-state index is 13.3. The number of benzene rings is 2. The Kier molecular flexibility index (Phi) is 4.35. The predicted molar refractivity (Wildman–Crippen MR) is 84.8 cm³/mol. The topological polar surface area (TPSA) is 78.0 Å². The molecule has 8 heteroatoms. The molecule has 130 valence electrons. The number of aromatic hydroxyl groups is 1. The van der Waals surface area contributed by atoms with Gasteiger partial charge in [-0.15, -0.1) is 0 Å². The molecule has 0 saturated carbocycles. The molecule has 25 heavy (non-hydrogen) atoms. The maximum Gasteiger partial charge on any atom is 0.412 e. The van der Waals surface area contributed by atoms with Crippen molar-refractivity contribution in [3.63, 3.8) is 0 Å². The summed E-state index contributed by atoms with van der Waals surface area (Å²) in [5.41, 5.74) is 1.83. The molecule has 0 aliphatic heterocycles. The van der Waals surface area contributed by atoms with Gasteiger partial charge in [0.25, 0.3) is 0 Å². The van der Waals surface area contributed by atoms with Crippen molar-refractivity contribution in [2.75, 3.05) is 0 Å². The third kappa shape index (κ3) is 3.90. The number of carbonyl (C=O) groups is 1. The van der Waals surface area contributed by atoms with Crippen LogP contribution in [0.5, 0.6) is 5.75 Å². The summed E-state index contributed by atoms with van der Waals surface area (Å²) in [6.45, 7) is 0. The molecule has 0 aliphatic carbocycles. The van der Waals surface area contributed by atoms with Gasteiger partial charge in [0.2, 0.25) is 5.91 Å². The summed E-state index contributed by atoms with van der Waals surface area (Å²) < 4.78 is 39.8. The van der Waals surface area contributed by atoms with Crippen LogP contribution in [0.3, 0.4) is 0 Å². The van der Waals surface area contributed by atoms with Crippen molar-refractivity contribution >= 4 is 16.9 Å². The van der Waals surface area contributed by atoms with E-state index in [0.29, 0.717) is 16.6 Å². The van der Waals surface area contributed by atoms with Gasteiger partial charge < -0.3 is 15.4 Å². The van der Waals surface area contributed by atoms with Gasteiger partial charge in [-0.1, -0.05) is 18.2 Å². The molecule has 0 fully saturated rings. The number of nitrogens with zero attached hydrogens (tertiary/aromatic N) is 1. The van der Waals surface area contributed by atoms with Crippen LogP contribution in [0.1, 0.15) is 17.2 Å². The lowest BCUT2D eigenvalue weighted by molar-refractivity contribution is -0.163. The van der Waals surface area contributed by atoms with Crippen LogP contribution < -0.4 is 5.32 Å². The third-order valence-corrected chi connectivity index (χ3v) is 3.71. The minimum Gasteiger partial charge on any atom is -0.508 e. The number of nitrogens with one attached hydrogen (secondary N) is 2. The normalized spacial score (nSPS) is 12.9. The van der Waals surface area contributed by atoms with E-state index in [0.717, 1.165) is 24.3 Å². The highest BCUT2D eigenvalue weighted by Gasteiger charge is 2.41. The summed E-state index contributed by atoms with van der Waals surface area (Å²) in [5, 5.41) is 11.2. The van der Waals surface area contributed by atoms with Crippen molar-refractivity contribution in [3.05, 3.63) is 59.9 Å². The molecular weight excluding hydrogens is 335 g/mol. The number of amides is 1. The molecule has 1 unspecified atom stereocenters. The number of hydrogen-bond donors (Lipinski definition) is 3. The fourth-order valence-electron chi connectivity index (χ4n) is 2.51. The quantitative estimate of drug-likeness (QED) is 0.677. The molecule has 0 saturated heterocycles. The van der Waals surface area contributed by atoms with Crippen LogP contribution in [0.15, 0.2) is 48.8 Å². The fraction of sp³-hybridized carbons (Fsp3) is 0.176. The van der Waals surface area contributed by atoms with E-state index in [1.165, 1.54) is 6.33 Å². The average Bonchev–Trinajstić information content (AvgIpc) is 3.00. The SMILES string of the molecule is O=C(Cc1ccc2nc[nH]c2c1)NC(c1ccc(O)cc1)C(F)(F)F. The summed E-state index contributed by atoms with van der Waals surface area (Å²) in [4.78, 5) is 19.0. The summed E-state index contributed by atoms with van der Waals surface area (Å²) >= 11 is 0. The second-order valence-electron chi connectivity index (χ2n) is 5.56. The van der Waals surface area contributed by atoms with Gasteiger partial charge >= 0.3 is 6.18 Å². The number of halogens is 3. The molecule has 3 aromatic rings. The highest BCUT2D eigenvalue weighted by Crippen LogP contribution is 2.33. The lowest BCUT2D eigenvalue weighted by Crippen LogP contribution is -2.38. The number of aromatic amines is 1. The molecule has 3 N–H and O–H groups in total. The molecule has 1 heterocycles. The van der Waals surface area contributed by atoms with Crippen molar-refractivity contribution in [2.24, 2.45) is 0 Å². The number of phenols is 1. The number of aromatic nitrogens is 2. The van der Waals surface area contributed by atoms with Crippen LogP contribution in [0.4, 0.5) is 13.2 Å². The first-order valence-electron chi connectivity index (χ1n) is 7.40. The van der Waals surface area contributed by atoms with Crippen LogP contribution in [0.25, 0.3) is 11.0 Å². The lowest BCUT2D eigenvalue weighted by Gasteiger charge is -2.22. The van der Waals surface area contributed by atoms with E-state index in [-0.39, 0.29) is 17.7 Å². The van der Waals surface area contributed by atoms with Gasteiger partial charge in [0.1, 0.15) is 5.75 Å². The number of imidazole rings is 1. The largest absolute Gasteiger partial charge is 0.508 e. The Morgan fingerprint density at radius 3 is 2.60 bits per heavy atom. The zero-order valence-electron chi connectivity index (χ0n) is 12.8. The Morgan fingerprint density at radius 1 is 1.20 bits per heavy atom. The van der Waals surface area contributed by atoms with Crippen molar-refractivity contribution in [3.8, 4) is 5.75 Å². The second kappa shape index (κ2) is 6.46. The summed E-state index contributed by atoms with van der Waals surface area (Å²) in [7, 11) is 0. The number of alkyl halides is 3. The van der Waals surface area contributed by atoms with Gasteiger partial charge in [-0.3, -0.25) is 4.79 Å². The van der Waals surface area contributed by atoms with Gasteiger partial charge in [-0.2, -0.15) is 13.2 Å². The van der Waals surface area contributed by atoms with E-state index >= 15 is 0 Å². The highest BCUT2D eigenvalue weighted by atomic mass is 19.4. The second-order valence-corrected chi connectivity index (χ2v) is 5.56. The maximum absolute atomic E-state index is 13.3. The molecular formula is C17H14F3N3O2. The number of phenolic OH excluding ortho intramolecular Hbond substituents is 1. The molecule has 0 bridgehead atoms. The summed E-state index contributed by atoms with van der Waals surface area (Å²) in [6, 6.07) is 7.41. The Hall–Kier alpha value is -3.03. The zero-order valence-corrected chi connectivity index (χ0v) is 12.8. The van der Waals surface area contributed by atoms with E-state index < -0.39 is 18.1 Å². The number of carbonyl (C=O) groups excluding carboxylic acids is 1. The molecule has 5 nitrogen and oxygen atoms in total. The van der Waals surface area contributed by atoms with E-state index in [4.69, 9.17) is 0 Å². The fourth-order valence-corrected chi connectivity index (χ4v) is 2.51. The Labute approximate surface area is 140 Å². The van der Waals surface area contributed by atoms with Crippen molar-refractivity contribution in [1.82, 2.24) is 15.3 Å². The molecule has 2 aromatic carbocycles. The van der Waals surface area contributed by atoms with Gasteiger partial charge in [0.15, 0.2) is 6.04 Å². The Bertz CT molecular complexity index is 888. The molecule has 0 spiro atoms. The minimum absolute atomic E-state index is 0.149. The summed E-state index contributed by atoms with van der Waals surface area (Å²) in [6.07, 6.45) is -3.35. The van der Waals surface area contributed by atoms with Gasteiger partial charge in [-0.25, -0.2) is 4.98 Å². The van der Waals surface area contributed by atoms with Crippen LogP contribution in [-0.2, 0) is 11.2 Å². The minimum atomic E-state index is -4.65.